The summed E-state index contributed by atoms with van der Waals surface area (Å²) in [6.07, 6.45) is 0. The third kappa shape index (κ3) is 5.39. The number of aryl methyl sites for hydroxylation is 1. The Labute approximate surface area is 193 Å². The number of fused-ring (bicyclic) bond motifs is 1. The van der Waals surface area contributed by atoms with Gasteiger partial charge in [-0.05, 0) is 36.8 Å². The van der Waals surface area contributed by atoms with E-state index in [0.717, 1.165) is 54.0 Å². The smallest absolute Gasteiger partial charge is 0.0959 e. The lowest BCUT2D eigenvalue weighted by Crippen LogP contribution is -2.43. The molecule has 0 unspecified atom stereocenters. The minimum Gasteiger partial charge on any atom is -0.380 e. The van der Waals surface area contributed by atoms with E-state index < -0.39 is 0 Å². The maximum Gasteiger partial charge on any atom is 0.0959 e. The minimum absolute atomic E-state index is 0. The summed E-state index contributed by atoms with van der Waals surface area (Å²) >= 11 is 12.2. The minimum atomic E-state index is 0. The quantitative estimate of drug-likeness (QED) is 0.508. The molecule has 1 aliphatic rings. The lowest BCUT2D eigenvalue weighted by molar-refractivity contribution is 0.590. The van der Waals surface area contributed by atoms with Gasteiger partial charge in [0, 0.05) is 49.5 Å². The SMILES string of the molecule is Cc1cc(NCc2ccc(Cl)c(Cl)c2)c2cccc(N3CCNCC3)c2n1.Cl.Cl. The van der Waals surface area contributed by atoms with Crippen molar-refractivity contribution in [1.29, 1.82) is 0 Å². The molecular weight excluding hydrogens is 450 g/mol. The zero-order chi connectivity index (χ0) is 18.8. The standard InChI is InChI=1S/C21H22Cl2N4.2ClH/c1-14-11-19(25-13-15-5-6-17(22)18(23)12-15)16-3-2-4-20(21(16)26-14)27-9-7-24-8-10-27;;/h2-6,11-12,24H,7-10,13H2,1H3,(H,25,26);2*1H. The molecule has 1 aromatic heterocycles. The molecule has 2 aromatic carbocycles. The predicted molar refractivity (Wildman–Crippen MR) is 130 cm³/mol. The van der Waals surface area contributed by atoms with Gasteiger partial charge in [-0.3, -0.25) is 4.98 Å². The number of piperazine rings is 1. The van der Waals surface area contributed by atoms with E-state index in [1.54, 1.807) is 0 Å². The topological polar surface area (TPSA) is 40.2 Å². The Bertz CT molecular complexity index is 974. The Morgan fingerprint density at radius 3 is 2.52 bits per heavy atom. The lowest BCUT2D eigenvalue weighted by atomic mass is 10.1. The third-order valence-electron chi connectivity index (χ3n) is 4.87. The fraction of sp³-hybridized carbons (Fsp3) is 0.286. The number of benzene rings is 2. The summed E-state index contributed by atoms with van der Waals surface area (Å²) in [7, 11) is 0. The Morgan fingerprint density at radius 1 is 1.03 bits per heavy atom. The van der Waals surface area contributed by atoms with E-state index >= 15 is 0 Å². The van der Waals surface area contributed by atoms with E-state index in [9.17, 15) is 0 Å². The van der Waals surface area contributed by atoms with Gasteiger partial charge in [0.1, 0.15) is 0 Å². The molecule has 3 aromatic rings. The molecule has 156 valence electrons. The lowest BCUT2D eigenvalue weighted by Gasteiger charge is -2.30. The number of hydrogen-bond acceptors (Lipinski definition) is 4. The first kappa shape index (κ1) is 23.8. The number of aromatic nitrogens is 1. The van der Waals surface area contributed by atoms with Crippen LogP contribution in [0.5, 0.6) is 0 Å². The molecule has 0 saturated carbocycles. The van der Waals surface area contributed by atoms with Crippen LogP contribution in [0.25, 0.3) is 10.9 Å². The van der Waals surface area contributed by atoms with Crippen molar-refractivity contribution in [2.45, 2.75) is 13.5 Å². The molecule has 1 aliphatic heterocycles. The molecule has 2 N–H and O–H groups in total. The van der Waals surface area contributed by atoms with Crippen molar-refractivity contribution in [3.63, 3.8) is 0 Å². The monoisotopic (exact) mass is 472 g/mol. The molecule has 4 rings (SSSR count). The number of anilines is 2. The maximum atomic E-state index is 6.14. The van der Waals surface area contributed by atoms with E-state index in [1.807, 2.05) is 25.1 Å². The Morgan fingerprint density at radius 2 is 1.79 bits per heavy atom. The van der Waals surface area contributed by atoms with E-state index in [-0.39, 0.29) is 24.8 Å². The number of halogens is 4. The summed E-state index contributed by atoms with van der Waals surface area (Å²) in [5.74, 6) is 0. The van der Waals surface area contributed by atoms with Crippen LogP contribution in [-0.2, 0) is 6.54 Å². The highest BCUT2D eigenvalue weighted by atomic mass is 35.5. The molecule has 0 amide bonds. The zero-order valence-electron chi connectivity index (χ0n) is 16.0. The second-order valence-corrected chi connectivity index (χ2v) is 7.64. The van der Waals surface area contributed by atoms with E-state index in [1.165, 1.54) is 5.69 Å². The predicted octanol–water partition coefficient (Wildman–Crippen LogP) is 5.72. The molecule has 0 aliphatic carbocycles. The average molecular weight is 474 g/mol. The van der Waals surface area contributed by atoms with Gasteiger partial charge >= 0.3 is 0 Å². The van der Waals surface area contributed by atoms with Crippen molar-refractivity contribution in [2.75, 3.05) is 36.4 Å². The van der Waals surface area contributed by atoms with Gasteiger partial charge in [-0.1, -0.05) is 41.4 Å². The summed E-state index contributed by atoms with van der Waals surface area (Å²) in [4.78, 5) is 7.26. The van der Waals surface area contributed by atoms with Crippen LogP contribution < -0.4 is 15.5 Å². The Balaban J connectivity index is 0.00000150. The number of nitrogens with zero attached hydrogens (tertiary/aromatic N) is 2. The van der Waals surface area contributed by atoms with Crippen LogP contribution in [0, 0.1) is 6.92 Å². The van der Waals surface area contributed by atoms with Gasteiger partial charge in [0.05, 0.1) is 21.2 Å². The van der Waals surface area contributed by atoms with Crippen molar-refractivity contribution < 1.29 is 0 Å². The first-order valence-corrected chi connectivity index (χ1v) is 9.91. The molecule has 0 spiro atoms. The van der Waals surface area contributed by atoms with E-state index in [2.05, 4.69) is 39.8 Å². The molecular formula is C21H24Cl4N4. The number of hydrogen-bond donors (Lipinski definition) is 2. The summed E-state index contributed by atoms with van der Waals surface area (Å²) in [6.45, 7) is 6.72. The molecule has 4 nitrogen and oxygen atoms in total. The van der Waals surface area contributed by atoms with Crippen molar-refractivity contribution in [1.82, 2.24) is 10.3 Å². The van der Waals surface area contributed by atoms with Crippen LogP contribution >= 0.6 is 48.0 Å². The van der Waals surface area contributed by atoms with Crippen LogP contribution in [0.4, 0.5) is 11.4 Å². The van der Waals surface area contributed by atoms with Crippen LogP contribution in [0.3, 0.4) is 0 Å². The Kier molecular flexibility index (Phi) is 8.68. The first-order valence-electron chi connectivity index (χ1n) is 9.15. The summed E-state index contributed by atoms with van der Waals surface area (Å²) in [5, 5.41) is 9.24. The van der Waals surface area contributed by atoms with Gasteiger partial charge in [-0.25, -0.2) is 0 Å². The van der Waals surface area contributed by atoms with Crippen molar-refractivity contribution in [3.05, 3.63) is 63.8 Å². The van der Waals surface area contributed by atoms with Crippen molar-refractivity contribution in [2.24, 2.45) is 0 Å². The Hall–Kier alpha value is -1.43. The van der Waals surface area contributed by atoms with Gasteiger partial charge in [-0.15, -0.1) is 24.8 Å². The largest absolute Gasteiger partial charge is 0.380 e. The molecule has 0 bridgehead atoms. The summed E-state index contributed by atoms with van der Waals surface area (Å²) < 4.78 is 0. The molecule has 0 radical (unpaired) electrons. The fourth-order valence-corrected chi connectivity index (χ4v) is 3.84. The van der Waals surface area contributed by atoms with Crippen LogP contribution in [0.15, 0.2) is 42.5 Å². The van der Waals surface area contributed by atoms with Gasteiger partial charge < -0.3 is 15.5 Å². The molecule has 29 heavy (non-hydrogen) atoms. The highest BCUT2D eigenvalue weighted by Crippen LogP contribution is 2.31. The van der Waals surface area contributed by atoms with E-state index in [4.69, 9.17) is 28.2 Å². The fourth-order valence-electron chi connectivity index (χ4n) is 3.52. The number of pyridine rings is 1. The molecule has 0 atom stereocenters. The summed E-state index contributed by atoms with van der Waals surface area (Å²) in [5.41, 5.74) is 5.43. The van der Waals surface area contributed by atoms with Gasteiger partial charge in [0.15, 0.2) is 0 Å². The average Bonchev–Trinajstić information content (AvgIpc) is 2.69. The molecule has 2 heterocycles. The number of rotatable bonds is 4. The molecule has 1 fully saturated rings. The van der Waals surface area contributed by atoms with Gasteiger partial charge in [-0.2, -0.15) is 0 Å². The number of nitrogens with one attached hydrogen (secondary N) is 2. The second-order valence-electron chi connectivity index (χ2n) is 6.82. The van der Waals surface area contributed by atoms with Crippen molar-refractivity contribution >= 4 is 70.3 Å². The van der Waals surface area contributed by atoms with Crippen molar-refractivity contribution in [3.8, 4) is 0 Å². The summed E-state index contributed by atoms with van der Waals surface area (Å²) in [6, 6.07) is 14.2. The first-order chi connectivity index (χ1) is 13.1. The molecule has 8 heteroatoms. The molecule has 1 saturated heterocycles. The van der Waals surface area contributed by atoms with Gasteiger partial charge in [0.25, 0.3) is 0 Å². The second kappa shape index (κ2) is 10.6. The van der Waals surface area contributed by atoms with Crippen LogP contribution in [0.1, 0.15) is 11.3 Å². The maximum absolute atomic E-state index is 6.14. The number of para-hydroxylation sites is 1. The third-order valence-corrected chi connectivity index (χ3v) is 5.61. The zero-order valence-corrected chi connectivity index (χ0v) is 19.2. The van der Waals surface area contributed by atoms with Gasteiger partial charge in [0.2, 0.25) is 0 Å². The van der Waals surface area contributed by atoms with Crippen LogP contribution in [-0.4, -0.2) is 31.2 Å². The van der Waals surface area contributed by atoms with Crippen LogP contribution in [0.2, 0.25) is 10.0 Å². The van der Waals surface area contributed by atoms with E-state index in [0.29, 0.717) is 16.6 Å². The normalized spacial score (nSPS) is 13.6. The highest BCUT2D eigenvalue weighted by Gasteiger charge is 2.15. The highest BCUT2D eigenvalue weighted by molar-refractivity contribution is 6.42.